The van der Waals surface area contributed by atoms with Crippen LogP contribution in [0.5, 0.6) is 0 Å². The Labute approximate surface area is 131 Å². The Kier molecular flexibility index (Phi) is 2.46. The third-order valence-electron chi connectivity index (χ3n) is 4.52. The van der Waals surface area contributed by atoms with Crippen LogP contribution in [0.15, 0.2) is 54.9 Å². The van der Waals surface area contributed by atoms with Crippen molar-refractivity contribution in [3.8, 4) is 0 Å². The van der Waals surface area contributed by atoms with Crippen LogP contribution >= 0.6 is 0 Å². The molecule has 0 saturated carbocycles. The third-order valence-corrected chi connectivity index (χ3v) is 4.52. The van der Waals surface area contributed by atoms with Crippen molar-refractivity contribution < 1.29 is 24.1 Å². The van der Waals surface area contributed by atoms with Crippen molar-refractivity contribution in [2.75, 3.05) is 0 Å². The summed E-state index contributed by atoms with van der Waals surface area (Å²) in [6, 6.07) is 14.3. The van der Waals surface area contributed by atoms with Gasteiger partial charge in [0.05, 0.1) is 10.8 Å². The van der Waals surface area contributed by atoms with Crippen LogP contribution in [-0.2, 0) is 6.54 Å². The largest absolute Gasteiger partial charge is 0.771 e. The molecule has 5 rings (SSSR count). The number of aromatic nitrogens is 2. The van der Waals surface area contributed by atoms with Gasteiger partial charge in [0.15, 0.2) is 12.7 Å². The second-order valence-corrected chi connectivity index (χ2v) is 5.77. The minimum atomic E-state index is -1.87. The molecule has 0 atom stereocenters. The molecule has 2 aromatic heterocycles. The van der Waals surface area contributed by atoms with Crippen LogP contribution in [0.2, 0.25) is 0 Å². The predicted molar refractivity (Wildman–Crippen MR) is 85.2 cm³/mol. The van der Waals surface area contributed by atoms with Gasteiger partial charge in [-0.15, -0.1) is 0 Å². The van der Waals surface area contributed by atoms with Gasteiger partial charge in [0, 0.05) is 23.1 Å². The highest BCUT2D eigenvalue weighted by Gasteiger charge is 2.33. The van der Waals surface area contributed by atoms with E-state index in [4.69, 9.17) is 4.76 Å². The number of benzene rings is 2. The molecule has 1 aliphatic rings. The molecule has 6 heteroatoms. The maximum Gasteiger partial charge on any atom is 0.771 e. The highest BCUT2D eigenvalue weighted by Crippen LogP contribution is 2.35. The van der Waals surface area contributed by atoms with E-state index in [1.165, 1.54) is 15.7 Å². The average molecular weight is 304 g/mol. The Hall–Kier alpha value is -2.70. The first-order chi connectivity index (χ1) is 11.2. The fourth-order valence-corrected chi connectivity index (χ4v) is 3.70. The van der Waals surface area contributed by atoms with Crippen molar-refractivity contribution in [3.05, 3.63) is 60.4 Å². The SMILES string of the molecule is OB(O)O[n+]1ccc2c3c4c(ccc[n+]4C2)c2ccccc2c31. The Morgan fingerprint density at radius 3 is 2.43 bits per heavy atom. The molecule has 0 amide bonds. The molecule has 110 valence electrons. The van der Waals surface area contributed by atoms with Crippen LogP contribution in [0.1, 0.15) is 5.56 Å². The monoisotopic (exact) mass is 304 g/mol. The summed E-state index contributed by atoms with van der Waals surface area (Å²) in [5.74, 6) is 0. The second kappa shape index (κ2) is 4.41. The van der Waals surface area contributed by atoms with Gasteiger partial charge < -0.3 is 10.0 Å². The van der Waals surface area contributed by atoms with Gasteiger partial charge in [0.1, 0.15) is 5.39 Å². The molecule has 5 nitrogen and oxygen atoms in total. The highest BCUT2D eigenvalue weighted by molar-refractivity contribution is 6.32. The first-order valence-electron chi connectivity index (χ1n) is 7.47. The van der Waals surface area contributed by atoms with Crippen molar-refractivity contribution in [2.24, 2.45) is 0 Å². The van der Waals surface area contributed by atoms with Gasteiger partial charge in [-0.1, -0.05) is 18.2 Å². The van der Waals surface area contributed by atoms with Crippen molar-refractivity contribution in [2.45, 2.75) is 6.54 Å². The van der Waals surface area contributed by atoms with E-state index >= 15 is 0 Å². The summed E-state index contributed by atoms with van der Waals surface area (Å²) in [6.07, 6.45) is 3.81. The smallest absolute Gasteiger partial charge is 0.387 e. The molecular formula is C17H13BN2O3+2. The van der Waals surface area contributed by atoms with Crippen molar-refractivity contribution in [1.82, 2.24) is 0 Å². The van der Waals surface area contributed by atoms with Crippen molar-refractivity contribution in [1.29, 1.82) is 0 Å². The van der Waals surface area contributed by atoms with Gasteiger partial charge in [-0.3, -0.25) is 4.76 Å². The van der Waals surface area contributed by atoms with E-state index in [9.17, 15) is 10.0 Å². The van der Waals surface area contributed by atoms with Gasteiger partial charge in [0.2, 0.25) is 11.7 Å². The molecule has 0 fully saturated rings. The fraction of sp³-hybridized carbons (Fsp3) is 0.0588. The lowest BCUT2D eigenvalue weighted by molar-refractivity contribution is -0.844. The van der Waals surface area contributed by atoms with Crippen molar-refractivity contribution >= 4 is 39.9 Å². The first-order valence-corrected chi connectivity index (χ1v) is 7.47. The minimum absolute atomic E-state index is 0.808. The number of fused-ring (bicyclic) bond motifs is 3. The standard InChI is InChI=1S/C17H13BN2O3/c21-18(22)23-20-9-7-11-10-19-8-3-6-13-12-4-1-2-5-14(12)17(20)15(11)16(13)19/h1-9,21-22H,10H2/q+2. The zero-order valence-electron chi connectivity index (χ0n) is 12.2. The van der Waals surface area contributed by atoms with Crippen LogP contribution in [0, 0.1) is 0 Å². The summed E-state index contributed by atoms with van der Waals surface area (Å²) in [5.41, 5.74) is 3.21. The van der Waals surface area contributed by atoms with E-state index < -0.39 is 7.32 Å². The van der Waals surface area contributed by atoms with E-state index in [0.29, 0.717) is 0 Å². The number of pyridine rings is 2. The molecule has 0 bridgehead atoms. The van der Waals surface area contributed by atoms with E-state index in [-0.39, 0.29) is 0 Å². The van der Waals surface area contributed by atoms with E-state index in [2.05, 4.69) is 29.0 Å². The summed E-state index contributed by atoms with van der Waals surface area (Å²) in [7, 11) is -1.87. The molecule has 0 aliphatic carbocycles. The van der Waals surface area contributed by atoms with Crippen LogP contribution in [0.4, 0.5) is 0 Å². The Balaban J connectivity index is 2.09. The van der Waals surface area contributed by atoms with Crippen LogP contribution in [0.25, 0.3) is 32.6 Å². The van der Waals surface area contributed by atoms with Gasteiger partial charge in [0.25, 0.3) is 5.52 Å². The Morgan fingerprint density at radius 2 is 1.61 bits per heavy atom. The zero-order chi connectivity index (χ0) is 15.6. The van der Waals surface area contributed by atoms with Gasteiger partial charge in [-0.25, -0.2) is 0 Å². The first kappa shape index (κ1) is 12.8. The number of hydrogen-bond donors (Lipinski definition) is 2. The lowest BCUT2D eigenvalue weighted by Gasteiger charge is -2.05. The molecular weight excluding hydrogens is 291 g/mol. The topological polar surface area (TPSA) is 57.5 Å². The maximum absolute atomic E-state index is 9.24. The minimum Gasteiger partial charge on any atom is -0.387 e. The Bertz CT molecular complexity index is 1110. The molecule has 2 aromatic carbocycles. The molecule has 23 heavy (non-hydrogen) atoms. The van der Waals surface area contributed by atoms with Crippen LogP contribution in [0.3, 0.4) is 0 Å². The van der Waals surface area contributed by atoms with Gasteiger partial charge >= 0.3 is 7.32 Å². The van der Waals surface area contributed by atoms with Crippen LogP contribution < -0.4 is 14.1 Å². The predicted octanol–water partition coefficient (Wildman–Crippen LogP) is 0.481. The second-order valence-electron chi connectivity index (χ2n) is 5.77. The number of hydrogen-bond acceptors (Lipinski definition) is 3. The number of rotatable bonds is 2. The summed E-state index contributed by atoms with van der Waals surface area (Å²) in [6.45, 7) is 0.808. The van der Waals surface area contributed by atoms with Gasteiger partial charge in [-0.05, 0) is 16.9 Å². The molecule has 0 spiro atoms. The summed E-state index contributed by atoms with van der Waals surface area (Å²) in [5, 5.41) is 22.9. The quantitative estimate of drug-likeness (QED) is 0.283. The van der Waals surface area contributed by atoms with Crippen LogP contribution in [-0.4, -0.2) is 17.4 Å². The average Bonchev–Trinajstić information content (AvgIpc) is 2.93. The lowest BCUT2D eigenvalue weighted by Crippen LogP contribution is -2.50. The molecule has 3 heterocycles. The molecule has 0 unspecified atom stereocenters. The normalized spacial score (nSPS) is 12.6. The molecule has 0 saturated heterocycles. The third kappa shape index (κ3) is 1.64. The molecule has 0 radical (unpaired) electrons. The molecule has 2 N–H and O–H groups in total. The summed E-state index contributed by atoms with van der Waals surface area (Å²) < 4.78 is 8.85. The lowest BCUT2D eigenvalue weighted by atomic mass is 9.99. The maximum atomic E-state index is 9.24. The highest BCUT2D eigenvalue weighted by atomic mass is 16.7. The van der Waals surface area contributed by atoms with E-state index in [1.807, 2.05) is 24.3 Å². The van der Waals surface area contributed by atoms with E-state index in [1.54, 1.807) is 6.20 Å². The molecule has 4 aromatic rings. The van der Waals surface area contributed by atoms with E-state index in [0.717, 1.165) is 33.7 Å². The Morgan fingerprint density at radius 1 is 0.870 bits per heavy atom. The molecule has 1 aliphatic heterocycles. The summed E-state index contributed by atoms with van der Waals surface area (Å²) >= 11 is 0. The number of nitrogens with zero attached hydrogens (tertiary/aromatic N) is 2. The summed E-state index contributed by atoms with van der Waals surface area (Å²) in [4.78, 5) is 0. The van der Waals surface area contributed by atoms with Crippen molar-refractivity contribution in [3.63, 3.8) is 0 Å². The fourth-order valence-electron chi connectivity index (χ4n) is 3.70. The zero-order valence-corrected chi connectivity index (χ0v) is 12.2. The van der Waals surface area contributed by atoms with Gasteiger partial charge in [-0.2, -0.15) is 4.57 Å².